The number of nitrogens with zero attached hydrogens (tertiary/aromatic N) is 1. The first kappa shape index (κ1) is 13.4. The van der Waals surface area contributed by atoms with Gasteiger partial charge in [0.25, 0.3) is 0 Å². The summed E-state index contributed by atoms with van der Waals surface area (Å²) in [5, 5.41) is 0. The predicted octanol–water partition coefficient (Wildman–Crippen LogP) is 2.69. The van der Waals surface area contributed by atoms with Gasteiger partial charge in [0.2, 0.25) is 0 Å². The molecule has 0 atom stereocenters. The molecule has 98 valence electrons. The molecule has 0 aromatic heterocycles. The Bertz CT molecular complexity index is 439. The van der Waals surface area contributed by atoms with Crippen molar-refractivity contribution in [2.75, 3.05) is 13.1 Å². The highest BCUT2D eigenvalue weighted by molar-refractivity contribution is 7.80. The van der Waals surface area contributed by atoms with Gasteiger partial charge in [0.05, 0.1) is 0 Å². The summed E-state index contributed by atoms with van der Waals surface area (Å²) in [6.07, 6.45) is 2.41. The van der Waals surface area contributed by atoms with Crippen molar-refractivity contribution in [2.24, 2.45) is 11.7 Å². The number of halogens is 1. The van der Waals surface area contributed by atoms with Gasteiger partial charge in [-0.25, -0.2) is 4.39 Å². The van der Waals surface area contributed by atoms with E-state index in [4.69, 9.17) is 18.0 Å². The second-order valence-electron chi connectivity index (χ2n) is 5.12. The highest BCUT2D eigenvalue weighted by Gasteiger charge is 2.17. The maximum Gasteiger partial charge on any atom is 0.123 e. The van der Waals surface area contributed by atoms with Crippen LogP contribution in [0.3, 0.4) is 0 Å². The van der Waals surface area contributed by atoms with Crippen LogP contribution in [0.15, 0.2) is 18.2 Å². The Morgan fingerprint density at radius 3 is 2.72 bits per heavy atom. The molecule has 2 nitrogen and oxygen atoms in total. The zero-order chi connectivity index (χ0) is 13.1. The van der Waals surface area contributed by atoms with Crippen molar-refractivity contribution >= 4 is 17.2 Å². The first-order valence-electron chi connectivity index (χ1n) is 6.37. The van der Waals surface area contributed by atoms with Crippen molar-refractivity contribution in [2.45, 2.75) is 26.3 Å². The molecule has 2 rings (SSSR count). The third-order valence-corrected chi connectivity index (χ3v) is 3.82. The molecule has 1 aromatic rings. The van der Waals surface area contributed by atoms with Crippen LogP contribution in [0.2, 0.25) is 0 Å². The van der Waals surface area contributed by atoms with Crippen LogP contribution in [0.1, 0.15) is 30.9 Å². The summed E-state index contributed by atoms with van der Waals surface area (Å²) >= 11 is 5.02. The molecule has 0 spiro atoms. The van der Waals surface area contributed by atoms with E-state index in [2.05, 4.69) is 11.8 Å². The largest absolute Gasteiger partial charge is 0.389 e. The fourth-order valence-corrected chi connectivity index (χ4v) is 2.59. The summed E-state index contributed by atoms with van der Waals surface area (Å²) in [7, 11) is 0. The summed E-state index contributed by atoms with van der Waals surface area (Å²) in [6, 6.07) is 4.64. The van der Waals surface area contributed by atoms with Crippen molar-refractivity contribution in [3.05, 3.63) is 35.1 Å². The van der Waals surface area contributed by atoms with Gasteiger partial charge in [-0.15, -0.1) is 0 Å². The lowest BCUT2D eigenvalue weighted by Crippen LogP contribution is -2.33. The summed E-state index contributed by atoms with van der Waals surface area (Å²) in [4.78, 5) is 2.69. The minimum absolute atomic E-state index is 0.227. The van der Waals surface area contributed by atoms with E-state index < -0.39 is 0 Å². The lowest BCUT2D eigenvalue weighted by atomic mass is 9.98. The Morgan fingerprint density at radius 2 is 2.11 bits per heavy atom. The fourth-order valence-electron chi connectivity index (χ4n) is 2.39. The van der Waals surface area contributed by atoms with Crippen LogP contribution >= 0.6 is 12.2 Å². The van der Waals surface area contributed by atoms with Gasteiger partial charge >= 0.3 is 0 Å². The van der Waals surface area contributed by atoms with Crippen molar-refractivity contribution < 1.29 is 4.39 Å². The summed E-state index contributed by atoms with van der Waals surface area (Å²) in [6.45, 7) is 5.14. The van der Waals surface area contributed by atoms with E-state index in [-0.39, 0.29) is 5.82 Å². The molecule has 1 aliphatic heterocycles. The number of hydrogen-bond acceptors (Lipinski definition) is 2. The van der Waals surface area contributed by atoms with E-state index in [9.17, 15) is 4.39 Å². The van der Waals surface area contributed by atoms with Gasteiger partial charge in [0.1, 0.15) is 10.8 Å². The first-order valence-corrected chi connectivity index (χ1v) is 6.77. The number of piperidine rings is 1. The van der Waals surface area contributed by atoms with E-state index in [0.717, 1.165) is 36.7 Å². The van der Waals surface area contributed by atoms with E-state index in [0.29, 0.717) is 4.99 Å². The molecular weight excluding hydrogens is 247 g/mol. The highest BCUT2D eigenvalue weighted by Crippen LogP contribution is 2.20. The minimum Gasteiger partial charge on any atom is -0.389 e. The second-order valence-corrected chi connectivity index (χ2v) is 5.56. The number of rotatable bonds is 3. The molecule has 4 heteroatoms. The molecule has 1 saturated heterocycles. The minimum atomic E-state index is -0.227. The molecule has 0 amide bonds. The maximum absolute atomic E-state index is 13.3. The third-order valence-electron chi connectivity index (χ3n) is 3.60. The number of likely N-dealkylation sites (tertiary alicyclic amines) is 1. The maximum atomic E-state index is 13.3. The SMILES string of the molecule is CC1CCN(Cc2cc(F)ccc2C(N)=S)CC1. The molecule has 1 fully saturated rings. The molecular formula is C14H19FN2S. The number of nitrogens with two attached hydrogens (primary N) is 1. The Labute approximate surface area is 113 Å². The molecule has 0 radical (unpaired) electrons. The van der Waals surface area contributed by atoms with E-state index in [1.54, 1.807) is 12.1 Å². The normalized spacial score (nSPS) is 17.9. The standard InChI is InChI=1S/C14H19FN2S/c1-10-4-6-17(7-5-10)9-11-8-12(15)2-3-13(11)14(16)18/h2-3,8,10H,4-7,9H2,1H3,(H2,16,18). The van der Waals surface area contributed by atoms with Gasteiger partial charge in [-0.05, 0) is 55.6 Å². The molecule has 1 aromatic carbocycles. The molecule has 18 heavy (non-hydrogen) atoms. The first-order chi connectivity index (χ1) is 8.56. The number of thiocarbonyl (C=S) groups is 1. The van der Waals surface area contributed by atoms with Gasteiger partial charge in [-0.2, -0.15) is 0 Å². The summed E-state index contributed by atoms with van der Waals surface area (Å²) in [5.74, 6) is 0.569. The molecule has 1 aliphatic rings. The zero-order valence-corrected chi connectivity index (χ0v) is 11.5. The summed E-state index contributed by atoms with van der Waals surface area (Å²) < 4.78 is 13.3. The Kier molecular flexibility index (Phi) is 4.30. The van der Waals surface area contributed by atoms with Crippen molar-refractivity contribution in [3.8, 4) is 0 Å². The van der Waals surface area contributed by atoms with Gasteiger partial charge in [-0.1, -0.05) is 19.1 Å². The predicted molar refractivity (Wildman–Crippen MR) is 76.0 cm³/mol. The second kappa shape index (κ2) is 5.76. The van der Waals surface area contributed by atoms with Crippen LogP contribution in [0.25, 0.3) is 0 Å². The molecule has 0 unspecified atom stereocenters. The van der Waals surface area contributed by atoms with Crippen molar-refractivity contribution in [1.29, 1.82) is 0 Å². The Morgan fingerprint density at radius 1 is 1.44 bits per heavy atom. The Hall–Kier alpha value is -1.00. The van der Waals surface area contributed by atoms with Crippen LogP contribution in [-0.4, -0.2) is 23.0 Å². The lowest BCUT2D eigenvalue weighted by molar-refractivity contribution is 0.185. The zero-order valence-electron chi connectivity index (χ0n) is 10.7. The lowest BCUT2D eigenvalue weighted by Gasteiger charge is -2.30. The van der Waals surface area contributed by atoms with Crippen LogP contribution in [-0.2, 0) is 6.54 Å². The molecule has 0 bridgehead atoms. The third kappa shape index (κ3) is 3.27. The fraction of sp³-hybridized carbons (Fsp3) is 0.500. The molecule has 2 N–H and O–H groups in total. The smallest absolute Gasteiger partial charge is 0.123 e. The van der Waals surface area contributed by atoms with E-state index in [1.165, 1.54) is 18.9 Å². The van der Waals surface area contributed by atoms with Gasteiger partial charge in [-0.3, -0.25) is 4.90 Å². The van der Waals surface area contributed by atoms with Crippen molar-refractivity contribution in [1.82, 2.24) is 4.90 Å². The topological polar surface area (TPSA) is 29.3 Å². The van der Waals surface area contributed by atoms with Crippen LogP contribution in [0, 0.1) is 11.7 Å². The average molecular weight is 266 g/mol. The highest BCUT2D eigenvalue weighted by atomic mass is 32.1. The number of hydrogen-bond donors (Lipinski definition) is 1. The molecule has 0 aliphatic carbocycles. The quantitative estimate of drug-likeness (QED) is 0.853. The van der Waals surface area contributed by atoms with Crippen LogP contribution < -0.4 is 5.73 Å². The summed E-state index contributed by atoms with van der Waals surface area (Å²) in [5.41, 5.74) is 7.38. The van der Waals surface area contributed by atoms with Crippen LogP contribution in [0.4, 0.5) is 4.39 Å². The monoisotopic (exact) mass is 266 g/mol. The van der Waals surface area contributed by atoms with Crippen molar-refractivity contribution in [3.63, 3.8) is 0 Å². The molecule has 0 saturated carbocycles. The number of benzene rings is 1. The average Bonchev–Trinajstić information content (AvgIpc) is 2.32. The van der Waals surface area contributed by atoms with Gasteiger partial charge < -0.3 is 5.73 Å². The van der Waals surface area contributed by atoms with Gasteiger partial charge in [0, 0.05) is 12.1 Å². The molecule has 1 heterocycles. The van der Waals surface area contributed by atoms with E-state index in [1.807, 2.05) is 0 Å². The van der Waals surface area contributed by atoms with Gasteiger partial charge in [0.15, 0.2) is 0 Å². The Balaban J connectivity index is 2.12. The van der Waals surface area contributed by atoms with E-state index >= 15 is 0 Å². The van der Waals surface area contributed by atoms with Crippen LogP contribution in [0.5, 0.6) is 0 Å².